The highest BCUT2D eigenvalue weighted by molar-refractivity contribution is 6.62. The third-order valence-corrected chi connectivity index (χ3v) is 8.13. The Morgan fingerprint density at radius 3 is 1.38 bits per heavy atom. The molecule has 0 N–H and O–H groups in total. The average molecular weight is 508 g/mol. The topological polar surface area (TPSA) is 18.5 Å². The van der Waals surface area contributed by atoms with Crippen LogP contribution in [0.3, 0.4) is 0 Å². The first-order valence-corrected chi connectivity index (χ1v) is 13.6. The standard InChI is InChI=1S/C36H33BO2/c1-35(2)36(3,4)39-37(38-35)32-24-30(28-21-19-27(20-22-28)26-13-7-5-8-14-26)23-31(25-32)34-18-12-11-17-33(34)29-15-9-6-10-16-29/h5-25H,1-4H3. The summed E-state index contributed by atoms with van der Waals surface area (Å²) < 4.78 is 13.0. The highest BCUT2D eigenvalue weighted by Gasteiger charge is 2.51. The molecule has 39 heavy (non-hydrogen) atoms. The van der Waals surface area contributed by atoms with Crippen molar-refractivity contribution in [1.82, 2.24) is 0 Å². The lowest BCUT2D eigenvalue weighted by atomic mass is 9.76. The Morgan fingerprint density at radius 1 is 0.410 bits per heavy atom. The molecule has 0 atom stereocenters. The Kier molecular flexibility index (Phi) is 6.50. The fraction of sp³-hybridized carbons (Fsp3) is 0.167. The SMILES string of the molecule is CC1(C)OB(c2cc(-c3ccc(-c4ccccc4)cc3)cc(-c3ccccc3-c3ccccc3)c2)OC1(C)C. The highest BCUT2D eigenvalue weighted by Crippen LogP contribution is 2.38. The molecule has 5 aromatic carbocycles. The first-order chi connectivity index (χ1) is 18.8. The van der Waals surface area contributed by atoms with E-state index in [1.165, 1.54) is 27.8 Å². The summed E-state index contributed by atoms with van der Waals surface area (Å²) in [7, 11) is -0.443. The van der Waals surface area contributed by atoms with Gasteiger partial charge in [0.05, 0.1) is 11.2 Å². The van der Waals surface area contributed by atoms with Crippen LogP contribution in [0.25, 0.3) is 44.5 Å². The van der Waals surface area contributed by atoms with Gasteiger partial charge < -0.3 is 9.31 Å². The summed E-state index contributed by atoms with van der Waals surface area (Å²) >= 11 is 0. The van der Waals surface area contributed by atoms with Crippen LogP contribution in [0.2, 0.25) is 0 Å². The van der Waals surface area contributed by atoms with Gasteiger partial charge in [-0.25, -0.2) is 0 Å². The van der Waals surface area contributed by atoms with Gasteiger partial charge >= 0.3 is 7.12 Å². The van der Waals surface area contributed by atoms with Crippen molar-refractivity contribution in [3.63, 3.8) is 0 Å². The molecule has 2 nitrogen and oxygen atoms in total. The van der Waals surface area contributed by atoms with Gasteiger partial charge in [-0.15, -0.1) is 0 Å². The van der Waals surface area contributed by atoms with E-state index in [1.54, 1.807) is 0 Å². The normalized spacial score (nSPS) is 15.8. The van der Waals surface area contributed by atoms with Gasteiger partial charge in [-0.05, 0) is 83.7 Å². The zero-order chi connectivity index (χ0) is 27.0. The van der Waals surface area contributed by atoms with Crippen molar-refractivity contribution in [2.45, 2.75) is 38.9 Å². The molecule has 3 heteroatoms. The molecule has 1 saturated heterocycles. The lowest BCUT2D eigenvalue weighted by Gasteiger charge is -2.32. The lowest BCUT2D eigenvalue weighted by molar-refractivity contribution is 0.00578. The summed E-state index contributed by atoms with van der Waals surface area (Å²) in [5.74, 6) is 0. The Labute approximate surface area is 232 Å². The fourth-order valence-electron chi connectivity index (χ4n) is 5.18. The summed E-state index contributed by atoms with van der Waals surface area (Å²) in [5.41, 5.74) is 9.65. The molecule has 6 rings (SSSR count). The molecule has 1 fully saturated rings. The van der Waals surface area contributed by atoms with Crippen LogP contribution in [0.15, 0.2) is 127 Å². The predicted molar refractivity (Wildman–Crippen MR) is 164 cm³/mol. The van der Waals surface area contributed by atoms with Crippen LogP contribution >= 0.6 is 0 Å². The Bertz CT molecular complexity index is 1570. The molecule has 1 aliphatic rings. The van der Waals surface area contributed by atoms with E-state index < -0.39 is 18.3 Å². The van der Waals surface area contributed by atoms with Crippen LogP contribution in [0, 0.1) is 0 Å². The molecule has 1 heterocycles. The summed E-state index contributed by atoms with van der Waals surface area (Å²) in [5, 5.41) is 0. The van der Waals surface area contributed by atoms with Gasteiger partial charge in [-0.2, -0.15) is 0 Å². The molecule has 0 aromatic heterocycles. The van der Waals surface area contributed by atoms with E-state index in [4.69, 9.17) is 9.31 Å². The van der Waals surface area contributed by atoms with E-state index in [1.807, 2.05) is 6.07 Å². The van der Waals surface area contributed by atoms with Crippen LogP contribution in [-0.4, -0.2) is 18.3 Å². The van der Waals surface area contributed by atoms with Gasteiger partial charge in [-0.3, -0.25) is 0 Å². The molecule has 0 aliphatic carbocycles. The fourth-order valence-corrected chi connectivity index (χ4v) is 5.18. The van der Waals surface area contributed by atoms with Crippen molar-refractivity contribution < 1.29 is 9.31 Å². The second kappa shape index (κ2) is 10.00. The maximum absolute atomic E-state index is 6.50. The minimum Gasteiger partial charge on any atom is -0.399 e. The van der Waals surface area contributed by atoms with E-state index >= 15 is 0 Å². The van der Waals surface area contributed by atoms with Gasteiger partial charge in [0.1, 0.15) is 0 Å². The maximum atomic E-state index is 6.50. The minimum atomic E-state index is -0.443. The summed E-state index contributed by atoms with van der Waals surface area (Å²) in [4.78, 5) is 0. The van der Waals surface area contributed by atoms with Gasteiger partial charge in [0, 0.05) is 0 Å². The monoisotopic (exact) mass is 508 g/mol. The van der Waals surface area contributed by atoms with Crippen molar-refractivity contribution in [2.24, 2.45) is 0 Å². The molecule has 1 aliphatic heterocycles. The van der Waals surface area contributed by atoms with E-state index in [0.29, 0.717) is 0 Å². The molecule has 0 spiro atoms. The van der Waals surface area contributed by atoms with Crippen LogP contribution in [0.5, 0.6) is 0 Å². The molecule has 0 bridgehead atoms. The summed E-state index contributed by atoms with van der Waals surface area (Å²) in [6.07, 6.45) is 0. The quantitative estimate of drug-likeness (QED) is 0.221. The molecule has 0 amide bonds. The van der Waals surface area contributed by atoms with Crippen LogP contribution in [-0.2, 0) is 9.31 Å². The minimum absolute atomic E-state index is 0.410. The first-order valence-electron chi connectivity index (χ1n) is 13.6. The molecule has 0 saturated carbocycles. The average Bonchev–Trinajstić information content (AvgIpc) is 3.20. The molecule has 5 aromatic rings. The van der Waals surface area contributed by atoms with Gasteiger partial charge in [0.25, 0.3) is 0 Å². The molecule has 0 unspecified atom stereocenters. The van der Waals surface area contributed by atoms with Crippen molar-refractivity contribution in [1.29, 1.82) is 0 Å². The van der Waals surface area contributed by atoms with E-state index in [0.717, 1.165) is 22.2 Å². The van der Waals surface area contributed by atoms with Crippen molar-refractivity contribution in [2.75, 3.05) is 0 Å². The Balaban J connectivity index is 1.48. The van der Waals surface area contributed by atoms with Crippen molar-refractivity contribution >= 4 is 12.6 Å². The van der Waals surface area contributed by atoms with Gasteiger partial charge in [0.2, 0.25) is 0 Å². The lowest BCUT2D eigenvalue weighted by Crippen LogP contribution is -2.41. The zero-order valence-corrected chi connectivity index (χ0v) is 23.0. The Hall–Kier alpha value is -3.92. The molecular formula is C36H33BO2. The maximum Gasteiger partial charge on any atom is 0.494 e. The number of rotatable bonds is 5. The number of hydrogen-bond acceptors (Lipinski definition) is 2. The van der Waals surface area contributed by atoms with E-state index in [9.17, 15) is 0 Å². The van der Waals surface area contributed by atoms with Crippen molar-refractivity contribution in [3.8, 4) is 44.5 Å². The third-order valence-electron chi connectivity index (χ3n) is 8.13. The smallest absolute Gasteiger partial charge is 0.399 e. The molecule has 0 radical (unpaired) electrons. The first kappa shape index (κ1) is 25.4. The van der Waals surface area contributed by atoms with Crippen molar-refractivity contribution in [3.05, 3.63) is 127 Å². The zero-order valence-electron chi connectivity index (χ0n) is 23.0. The van der Waals surface area contributed by atoms with Crippen LogP contribution < -0.4 is 5.46 Å². The summed E-state index contributed by atoms with van der Waals surface area (Å²) in [6, 6.07) is 45.2. The molecule has 192 valence electrons. The second-order valence-corrected chi connectivity index (χ2v) is 11.3. The number of benzene rings is 5. The predicted octanol–water partition coefficient (Wildman–Crippen LogP) is 8.65. The Morgan fingerprint density at radius 2 is 0.821 bits per heavy atom. The van der Waals surface area contributed by atoms with E-state index in [-0.39, 0.29) is 0 Å². The van der Waals surface area contributed by atoms with E-state index in [2.05, 4.69) is 149 Å². The van der Waals surface area contributed by atoms with Gasteiger partial charge in [-0.1, -0.05) is 121 Å². The molecular weight excluding hydrogens is 475 g/mol. The van der Waals surface area contributed by atoms with Crippen LogP contribution in [0.1, 0.15) is 27.7 Å². The summed E-state index contributed by atoms with van der Waals surface area (Å²) in [6.45, 7) is 8.41. The number of hydrogen-bond donors (Lipinski definition) is 0. The van der Waals surface area contributed by atoms with Crippen LogP contribution in [0.4, 0.5) is 0 Å². The van der Waals surface area contributed by atoms with Gasteiger partial charge in [0.15, 0.2) is 0 Å². The second-order valence-electron chi connectivity index (χ2n) is 11.3. The highest BCUT2D eigenvalue weighted by atomic mass is 16.7. The third kappa shape index (κ3) is 4.96. The largest absolute Gasteiger partial charge is 0.494 e.